The molecule has 0 unspecified atom stereocenters. The number of aryl methyl sites for hydroxylation is 1. The fourth-order valence-electron chi connectivity index (χ4n) is 2.64. The molecule has 1 heterocycles. The first-order valence-corrected chi connectivity index (χ1v) is 8.01. The highest BCUT2D eigenvalue weighted by atomic mass is 16.4. The molecule has 7 heteroatoms. The summed E-state index contributed by atoms with van der Waals surface area (Å²) in [7, 11) is 0. The van der Waals surface area contributed by atoms with Crippen LogP contribution in [-0.2, 0) is 11.2 Å². The molecule has 0 fully saturated rings. The van der Waals surface area contributed by atoms with E-state index in [1.807, 2.05) is 12.1 Å². The van der Waals surface area contributed by atoms with Crippen LogP contribution in [-0.4, -0.2) is 26.5 Å². The van der Waals surface area contributed by atoms with E-state index < -0.39 is 5.97 Å². The van der Waals surface area contributed by atoms with Crippen LogP contribution in [0.2, 0.25) is 0 Å². The van der Waals surface area contributed by atoms with Gasteiger partial charge in [-0.15, -0.1) is 0 Å². The molecule has 132 valence electrons. The molecule has 0 aliphatic rings. The van der Waals surface area contributed by atoms with Crippen molar-refractivity contribution in [1.29, 1.82) is 5.41 Å². The topological polar surface area (TPSA) is 125 Å². The summed E-state index contributed by atoms with van der Waals surface area (Å²) in [5.41, 5.74) is 8.85. The average Bonchev–Trinajstić information content (AvgIpc) is 3.02. The molecule has 0 saturated heterocycles. The van der Waals surface area contributed by atoms with E-state index in [2.05, 4.69) is 4.98 Å². The number of carbonyl (C=O) groups is 1. The number of nitrogens with one attached hydrogen (secondary N) is 2. The zero-order valence-electron chi connectivity index (χ0n) is 13.9. The second-order valence-corrected chi connectivity index (χ2v) is 5.89. The summed E-state index contributed by atoms with van der Waals surface area (Å²) in [5, 5.41) is 16.1. The van der Waals surface area contributed by atoms with Crippen LogP contribution in [0.5, 0.6) is 0 Å². The van der Waals surface area contributed by atoms with E-state index in [-0.39, 0.29) is 17.9 Å². The van der Waals surface area contributed by atoms with Crippen molar-refractivity contribution in [3.05, 3.63) is 76.3 Å². The van der Waals surface area contributed by atoms with Crippen molar-refractivity contribution in [2.24, 2.45) is 5.73 Å². The number of aromatic nitrogens is 2. The first-order chi connectivity index (χ1) is 12.4. The van der Waals surface area contributed by atoms with Gasteiger partial charge in [0.2, 0.25) is 0 Å². The van der Waals surface area contributed by atoms with Crippen molar-refractivity contribution in [2.75, 3.05) is 0 Å². The molecule has 0 spiro atoms. The largest absolute Gasteiger partial charge is 0.481 e. The zero-order chi connectivity index (χ0) is 18.7. The molecule has 0 aliphatic carbocycles. The van der Waals surface area contributed by atoms with Gasteiger partial charge in [-0.3, -0.25) is 14.8 Å². The Morgan fingerprint density at radius 1 is 1.12 bits per heavy atom. The summed E-state index contributed by atoms with van der Waals surface area (Å²) in [5.74, 6) is -0.845. The molecule has 0 bridgehead atoms. The van der Waals surface area contributed by atoms with Crippen molar-refractivity contribution >= 4 is 11.8 Å². The van der Waals surface area contributed by atoms with Gasteiger partial charge in [0.15, 0.2) is 0 Å². The number of hydrogen-bond donors (Lipinski definition) is 4. The Labute approximate surface area is 149 Å². The van der Waals surface area contributed by atoms with E-state index >= 15 is 0 Å². The predicted octanol–water partition coefficient (Wildman–Crippen LogP) is 2.13. The van der Waals surface area contributed by atoms with Crippen molar-refractivity contribution in [3.8, 4) is 16.9 Å². The lowest BCUT2D eigenvalue weighted by molar-refractivity contribution is -0.136. The van der Waals surface area contributed by atoms with Crippen LogP contribution >= 0.6 is 0 Å². The molecule has 3 rings (SSSR count). The number of hydrogen-bond acceptors (Lipinski definition) is 3. The molecule has 7 nitrogen and oxygen atoms in total. The standard InChI is InChI=1S/C19H18N4O3/c20-18(21)14-6-4-13(5-7-14)16-11-23(19(26)22-16)15-8-1-12(2-9-15)3-10-17(24)25/h1-2,4-9,11H,3,10H2,(H3,20,21)(H,22,26)(H,24,25). The Morgan fingerprint density at radius 2 is 1.77 bits per heavy atom. The molecule has 0 aliphatic heterocycles. The quantitative estimate of drug-likeness (QED) is 0.401. The highest BCUT2D eigenvalue weighted by Gasteiger charge is 2.08. The second kappa shape index (κ2) is 7.10. The summed E-state index contributed by atoms with van der Waals surface area (Å²) in [4.78, 5) is 25.7. The van der Waals surface area contributed by atoms with Crippen molar-refractivity contribution in [3.63, 3.8) is 0 Å². The van der Waals surface area contributed by atoms with Crippen molar-refractivity contribution < 1.29 is 9.90 Å². The number of carboxylic acid groups (broad SMARTS) is 1. The summed E-state index contributed by atoms with van der Waals surface area (Å²) in [6, 6.07) is 14.3. The number of aromatic amines is 1. The molecule has 0 radical (unpaired) electrons. The third-order valence-electron chi connectivity index (χ3n) is 4.07. The number of nitrogens with two attached hydrogens (primary N) is 1. The van der Waals surface area contributed by atoms with Gasteiger partial charge in [0.05, 0.1) is 11.4 Å². The molecule has 3 aromatic rings. The first-order valence-electron chi connectivity index (χ1n) is 8.01. The molecular weight excluding hydrogens is 332 g/mol. The van der Waals surface area contributed by atoms with Gasteiger partial charge in [-0.1, -0.05) is 36.4 Å². The minimum absolute atomic E-state index is 0.00870. The monoisotopic (exact) mass is 350 g/mol. The zero-order valence-corrected chi connectivity index (χ0v) is 13.9. The molecule has 0 atom stereocenters. The molecule has 5 N–H and O–H groups in total. The number of carboxylic acids is 1. The van der Waals surface area contributed by atoms with Crippen LogP contribution in [0.4, 0.5) is 0 Å². The second-order valence-electron chi connectivity index (χ2n) is 5.89. The summed E-state index contributed by atoms with van der Waals surface area (Å²) in [6.07, 6.45) is 2.23. The minimum atomic E-state index is -0.837. The number of aliphatic carboxylic acids is 1. The third-order valence-corrected chi connectivity index (χ3v) is 4.07. The SMILES string of the molecule is N=C(N)c1ccc(-c2cn(-c3ccc(CCC(=O)O)cc3)c(=O)[nH]2)cc1. The highest BCUT2D eigenvalue weighted by molar-refractivity contribution is 5.95. The Morgan fingerprint density at radius 3 is 2.35 bits per heavy atom. The Kier molecular flexibility index (Phi) is 4.70. The van der Waals surface area contributed by atoms with Gasteiger partial charge in [-0.05, 0) is 29.7 Å². The van der Waals surface area contributed by atoms with E-state index in [4.69, 9.17) is 16.2 Å². The maximum atomic E-state index is 12.3. The van der Waals surface area contributed by atoms with E-state index in [9.17, 15) is 9.59 Å². The Bertz CT molecular complexity index is 999. The van der Waals surface area contributed by atoms with Gasteiger partial charge in [0.1, 0.15) is 5.84 Å². The molecule has 0 amide bonds. The van der Waals surface area contributed by atoms with Crippen LogP contribution in [0.1, 0.15) is 17.5 Å². The van der Waals surface area contributed by atoms with E-state index in [1.165, 1.54) is 4.57 Å². The first kappa shape index (κ1) is 17.2. The number of H-pyrrole nitrogens is 1. The van der Waals surface area contributed by atoms with Crippen LogP contribution in [0, 0.1) is 5.41 Å². The summed E-state index contributed by atoms with van der Waals surface area (Å²) < 4.78 is 1.50. The van der Waals surface area contributed by atoms with Gasteiger partial charge in [0.25, 0.3) is 0 Å². The van der Waals surface area contributed by atoms with Gasteiger partial charge in [0, 0.05) is 18.2 Å². The average molecular weight is 350 g/mol. The van der Waals surface area contributed by atoms with E-state index in [0.29, 0.717) is 23.4 Å². The van der Waals surface area contributed by atoms with Gasteiger partial charge in [-0.25, -0.2) is 4.79 Å². The molecule has 26 heavy (non-hydrogen) atoms. The number of amidine groups is 1. The van der Waals surface area contributed by atoms with E-state index in [0.717, 1.165) is 11.1 Å². The van der Waals surface area contributed by atoms with Crippen molar-refractivity contribution in [1.82, 2.24) is 9.55 Å². The van der Waals surface area contributed by atoms with Gasteiger partial charge < -0.3 is 15.8 Å². The smallest absolute Gasteiger partial charge is 0.330 e. The van der Waals surface area contributed by atoms with Gasteiger partial charge >= 0.3 is 11.7 Å². The lowest BCUT2D eigenvalue weighted by Gasteiger charge is -2.03. The summed E-state index contributed by atoms with van der Waals surface area (Å²) >= 11 is 0. The lowest BCUT2D eigenvalue weighted by Crippen LogP contribution is -2.13. The van der Waals surface area contributed by atoms with Crippen molar-refractivity contribution in [2.45, 2.75) is 12.8 Å². The Balaban J connectivity index is 1.85. The number of rotatable bonds is 6. The lowest BCUT2D eigenvalue weighted by atomic mass is 10.1. The van der Waals surface area contributed by atoms with Crippen LogP contribution in [0.15, 0.2) is 59.5 Å². The fourth-order valence-corrected chi connectivity index (χ4v) is 2.64. The minimum Gasteiger partial charge on any atom is -0.481 e. The maximum absolute atomic E-state index is 12.3. The molecule has 1 aromatic heterocycles. The summed E-state index contributed by atoms with van der Waals surface area (Å²) in [6.45, 7) is 0. The fraction of sp³-hybridized carbons (Fsp3) is 0.105. The number of nitrogen functional groups attached to an aromatic ring is 1. The maximum Gasteiger partial charge on any atom is 0.330 e. The third kappa shape index (κ3) is 3.72. The molecule has 0 saturated carbocycles. The number of nitrogens with zero attached hydrogens (tertiary/aromatic N) is 1. The highest BCUT2D eigenvalue weighted by Crippen LogP contribution is 2.18. The van der Waals surface area contributed by atoms with Gasteiger partial charge in [-0.2, -0.15) is 0 Å². The molecule has 2 aromatic carbocycles. The number of benzene rings is 2. The van der Waals surface area contributed by atoms with Crippen LogP contribution < -0.4 is 11.4 Å². The predicted molar refractivity (Wildman–Crippen MR) is 98.8 cm³/mol. The normalized spacial score (nSPS) is 10.6. The molecular formula is C19H18N4O3. The Hall–Kier alpha value is -3.61. The number of imidazole rings is 1. The van der Waals surface area contributed by atoms with Crippen LogP contribution in [0.25, 0.3) is 16.9 Å². The van der Waals surface area contributed by atoms with E-state index in [1.54, 1.807) is 42.6 Å². The van der Waals surface area contributed by atoms with Crippen LogP contribution in [0.3, 0.4) is 0 Å².